The normalized spacial score (nSPS) is 16.0. The predicted octanol–water partition coefficient (Wildman–Crippen LogP) is 2.84. The second kappa shape index (κ2) is 8.74. The zero-order valence-electron chi connectivity index (χ0n) is 13.1. The summed E-state index contributed by atoms with van der Waals surface area (Å²) in [6, 6.07) is 6.25. The zero-order chi connectivity index (χ0) is 16.0. The maximum Gasteiger partial charge on any atom is 0.316 e. The monoisotopic (exact) mass is 340 g/mol. The van der Waals surface area contributed by atoms with Crippen molar-refractivity contribution in [1.82, 2.24) is 0 Å². The van der Waals surface area contributed by atoms with Crippen molar-refractivity contribution in [3.05, 3.63) is 24.3 Å². The van der Waals surface area contributed by atoms with Crippen LogP contribution < -0.4 is 22.1 Å². The first-order valence-electron chi connectivity index (χ1n) is 7.69. The lowest BCUT2D eigenvalue weighted by Gasteiger charge is -2.35. The van der Waals surface area contributed by atoms with Crippen molar-refractivity contribution in [3.8, 4) is 0 Å². The highest BCUT2D eigenvalue weighted by atomic mass is 35.5. The van der Waals surface area contributed by atoms with Gasteiger partial charge in [0.25, 0.3) is 0 Å². The van der Waals surface area contributed by atoms with Crippen LogP contribution in [0.4, 0.5) is 16.2 Å². The van der Waals surface area contributed by atoms with Gasteiger partial charge in [-0.3, -0.25) is 4.79 Å². The number of rotatable bonds is 5. The SMILES string of the molecule is Cl.NCC1(CC(=O)Nc2ccc(NC(N)=O)cc2)CCCCC1. The Kier molecular flexibility index (Phi) is 7.32. The Morgan fingerprint density at radius 3 is 2.00 bits per heavy atom. The molecule has 1 aliphatic rings. The third-order valence-electron chi connectivity index (χ3n) is 4.32. The molecule has 0 aromatic heterocycles. The third-order valence-corrected chi connectivity index (χ3v) is 4.32. The summed E-state index contributed by atoms with van der Waals surface area (Å²) in [5, 5.41) is 5.37. The number of urea groups is 1. The van der Waals surface area contributed by atoms with E-state index in [0.29, 0.717) is 24.3 Å². The van der Waals surface area contributed by atoms with Gasteiger partial charge < -0.3 is 22.1 Å². The van der Waals surface area contributed by atoms with Gasteiger partial charge in [-0.15, -0.1) is 12.4 Å². The summed E-state index contributed by atoms with van der Waals surface area (Å²) in [5.41, 5.74) is 12.2. The second-order valence-electron chi connectivity index (χ2n) is 6.06. The van der Waals surface area contributed by atoms with Gasteiger partial charge >= 0.3 is 6.03 Å². The number of hydrogen-bond donors (Lipinski definition) is 4. The van der Waals surface area contributed by atoms with Gasteiger partial charge in [0.2, 0.25) is 5.91 Å². The molecule has 2 rings (SSSR count). The zero-order valence-corrected chi connectivity index (χ0v) is 14.0. The molecule has 0 atom stereocenters. The van der Waals surface area contributed by atoms with Crippen molar-refractivity contribution in [1.29, 1.82) is 0 Å². The Bertz CT molecular complexity index is 527. The first-order chi connectivity index (χ1) is 10.5. The Morgan fingerprint density at radius 1 is 1.00 bits per heavy atom. The van der Waals surface area contributed by atoms with E-state index in [9.17, 15) is 9.59 Å². The van der Waals surface area contributed by atoms with Gasteiger partial charge in [0.1, 0.15) is 0 Å². The van der Waals surface area contributed by atoms with Crippen LogP contribution in [0.5, 0.6) is 0 Å². The molecule has 0 unspecified atom stereocenters. The highest BCUT2D eigenvalue weighted by molar-refractivity contribution is 5.92. The maximum absolute atomic E-state index is 12.3. The Hall–Kier alpha value is -1.79. The molecule has 128 valence electrons. The minimum absolute atomic E-state index is 0. The van der Waals surface area contributed by atoms with Crippen molar-refractivity contribution >= 4 is 35.7 Å². The lowest BCUT2D eigenvalue weighted by Crippen LogP contribution is -2.36. The maximum atomic E-state index is 12.3. The summed E-state index contributed by atoms with van der Waals surface area (Å²) in [7, 11) is 0. The van der Waals surface area contributed by atoms with E-state index in [0.717, 1.165) is 25.7 Å². The molecule has 1 aliphatic carbocycles. The molecule has 6 nitrogen and oxygen atoms in total. The molecule has 7 heteroatoms. The molecule has 0 radical (unpaired) electrons. The first-order valence-corrected chi connectivity index (χ1v) is 7.69. The van der Waals surface area contributed by atoms with Crippen molar-refractivity contribution in [2.45, 2.75) is 38.5 Å². The number of anilines is 2. The second-order valence-corrected chi connectivity index (χ2v) is 6.06. The standard InChI is InChI=1S/C16H24N4O2.ClH/c17-11-16(8-2-1-3-9-16)10-14(21)19-12-4-6-13(7-5-12)20-15(18)22;/h4-7H,1-3,8-11,17H2,(H,19,21)(H3,18,20,22);1H. The molecule has 23 heavy (non-hydrogen) atoms. The Balaban J connectivity index is 0.00000264. The molecule has 0 heterocycles. The third kappa shape index (κ3) is 5.73. The molecule has 1 saturated carbocycles. The fraction of sp³-hybridized carbons (Fsp3) is 0.500. The van der Waals surface area contributed by atoms with E-state index >= 15 is 0 Å². The van der Waals surface area contributed by atoms with Crippen LogP contribution in [-0.4, -0.2) is 18.5 Å². The lowest BCUT2D eigenvalue weighted by atomic mass is 9.71. The van der Waals surface area contributed by atoms with Crippen LogP contribution in [0, 0.1) is 5.41 Å². The largest absolute Gasteiger partial charge is 0.351 e. The summed E-state index contributed by atoms with van der Waals surface area (Å²) < 4.78 is 0. The van der Waals surface area contributed by atoms with Crippen LogP contribution >= 0.6 is 12.4 Å². The van der Waals surface area contributed by atoms with Gasteiger partial charge in [-0.1, -0.05) is 19.3 Å². The minimum Gasteiger partial charge on any atom is -0.351 e. The average molecular weight is 341 g/mol. The van der Waals surface area contributed by atoms with E-state index in [-0.39, 0.29) is 23.7 Å². The van der Waals surface area contributed by atoms with E-state index in [1.165, 1.54) is 6.42 Å². The van der Waals surface area contributed by atoms with Crippen LogP contribution in [-0.2, 0) is 4.79 Å². The Morgan fingerprint density at radius 2 is 1.52 bits per heavy atom. The van der Waals surface area contributed by atoms with Crippen molar-refractivity contribution < 1.29 is 9.59 Å². The van der Waals surface area contributed by atoms with Crippen LogP contribution in [0.1, 0.15) is 38.5 Å². The fourth-order valence-corrected chi connectivity index (χ4v) is 3.08. The first kappa shape index (κ1) is 19.3. The minimum atomic E-state index is -0.612. The number of primary amides is 1. The molecule has 0 bridgehead atoms. The predicted molar refractivity (Wildman–Crippen MR) is 94.7 cm³/mol. The molecule has 0 aliphatic heterocycles. The number of nitrogens with one attached hydrogen (secondary N) is 2. The number of benzene rings is 1. The van der Waals surface area contributed by atoms with E-state index < -0.39 is 6.03 Å². The smallest absolute Gasteiger partial charge is 0.316 e. The quantitative estimate of drug-likeness (QED) is 0.661. The topological polar surface area (TPSA) is 110 Å². The summed E-state index contributed by atoms with van der Waals surface area (Å²) in [6.45, 7) is 0.557. The molecule has 0 spiro atoms. The Labute approximate surface area is 142 Å². The van der Waals surface area contributed by atoms with E-state index in [4.69, 9.17) is 11.5 Å². The summed E-state index contributed by atoms with van der Waals surface area (Å²) in [4.78, 5) is 23.0. The highest BCUT2D eigenvalue weighted by Crippen LogP contribution is 2.38. The van der Waals surface area contributed by atoms with Crippen molar-refractivity contribution in [2.75, 3.05) is 17.2 Å². The summed E-state index contributed by atoms with van der Waals surface area (Å²) in [6.07, 6.45) is 6.05. The number of nitrogens with two attached hydrogens (primary N) is 2. The van der Waals surface area contributed by atoms with Crippen molar-refractivity contribution in [3.63, 3.8) is 0 Å². The molecule has 0 saturated heterocycles. The van der Waals surface area contributed by atoms with Gasteiger partial charge in [-0.05, 0) is 49.1 Å². The van der Waals surface area contributed by atoms with E-state index in [2.05, 4.69) is 10.6 Å². The number of carbonyl (C=O) groups is 2. The number of hydrogen-bond acceptors (Lipinski definition) is 3. The molecular weight excluding hydrogens is 316 g/mol. The fourth-order valence-electron chi connectivity index (χ4n) is 3.08. The van der Waals surface area contributed by atoms with Crippen molar-refractivity contribution in [2.24, 2.45) is 16.9 Å². The number of amides is 3. The van der Waals surface area contributed by atoms with Gasteiger partial charge in [0.15, 0.2) is 0 Å². The highest BCUT2D eigenvalue weighted by Gasteiger charge is 2.32. The van der Waals surface area contributed by atoms with E-state index in [1.807, 2.05) is 0 Å². The number of halogens is 1. The van der Waals surface area contributed by atoms with Crippen LogP contribution in [0.25, 0.3) is 0 Å². The molecule has 1 fully saturated rings. The molecule has 1 aromatic carbocycles. The molecule has 3 amide bonds. The lowest BCUT2D eigenvalue weighted by molar-refractivity contribution is -0.118. The van der Waals surface area contributed by atoms with Crippen LogP contribution in [0.3, 0.4) is 0 Å². The average Bonchev–Trinajstić information content (AvgIpc) is 2.49. The van der Waals surface area contributed by atoms with Gasteiger partial charge in [-0.25, -0.2) is 4.79 Å². The summed E-state index contributed by atoms with van der Waals surface area (Å²) in [5.74, 6) is -0.0111. The van der Waals surface area contributed by atoms with Crippen LogP contribution in [0.2, 0.25) is 0 Å². The van der Waals surface area contributed by atoms with Gasteiger partial charge in [0, 0.05) is 17.8 Å². The molecular formula is C16H25ClN4O2. The molecule has 6 N–H and O–H groups in total. The number of carbonyl (C=O) groups excluding carboxylic acids is 2. The van der Waals surface area contributed by atoms with Gasteiger partial charge in [0.05, 0.1) is 0 Å². The molecule has 1 aromatic rings. The van der Waals surface area contributed by atoms with Crippen LogP contribution in [0.15, 0.2) is 24.3 Å². The van der Waals surface area contributed by atoms with Gasteiger partial charge in [-0.2, -0.15) is 0 Å². The summed E-state index contributed by atoms with van der Waals surface area (Å²) >= 11 is 0. The van der Waals surface area contributed by atoms with E-state index in [1.54, 1.807) is 24.3 Å².